The lowest BCUT2D eigenvalue weighted by atomic mass is 10.1. The molecule has 122 valence electrons. The van der Waals surface area contributed by atoms with E-state index in [-0.39, 0.29) is 30.4 Å². The molecule has 0 bridgehead atoms. The van der Waals surface area contributed by atoms with E-state index in [1.165, 1.54) is 26.0 Å². The Hall–Kier alpha value is -2.67. The van der Waals surface area contributed by atoms with Gasteiger partial charge in [0, 0.05) is 11.3 Å². The molecule has 0 N–H and O–H groups in total. The van der Waals surface area contributed by atoms with Crippen LogP contribution in [0.15, 0.2) is 35.5 Å². The van der Waals surface area contributed by atoms with Crippen LogP contribution in [-0.4, -0.2) is 45.3 Å². The Bertz CT molecular complexity index is 679. The second-order valence-electron chi connectivity index (χ2n) is 4.82. The first-order chi connectivity index (χ1) is 11.0. The number of hydrogen-bond acceptors (Lipinski definition) is 7. The number of ketones is 1. The van der Waals surface area contributed by atoms with Crippen molar-refractivity contribution in [3.05, 3.63) is 41.1 Å². The summed E-state index contributed by atoms with van der Waals surface area (Å²) in [7, 11) is 2.45. The molecular weight excluding hydrogens is 302 g/mol. The zero-order valence-corrected chi connectivity index (χ0v) is 13.1. The number of anilines is 1. The van der Waals surface area contributed by atoms with Gasteiger partial charge in [-0.05, 0) is 19.1 Å². The number of carbonyl (C=O) groups excluding carboxylic acids is 3. The van der Waals surface area contributed by atoms with Crippen LogP contribution in [0.25, 0.3) is 0 Å². The Labute approximate surface area is 133 Å². The normalized spacial score (nSPS) is 14.5. The zero-order valence-electron chi connectivity index (χ0n) is 13.1. The quantitative estimate of drug-likeness (QED) is 0.611. The van der Waals surface area contributed by atoms with Gasteiger partial charge in [0.15, 0.2) is 5.78 Å². The maximum atomic E-state index is 12.1. The van der Waals surface area contributed by atoms with E-state index in [1.54, 1.807) is 24.3 Å². The predicted octanol–water partition coefficient (Wildman–Crippen LogP) is 1.28. The summed E-state index contributed by atoms with van der Waals surface area (Å²) in [5.74, 6) is -1.46. The highest BCUT2D eigenvalue weighted by Crippen LogP contribution is 2.27. The number of rotatable bonds is 4. The van der Waals surface area contributed by atoms with Crippen LogP contribution in [0.4, 0.5) is 5.69 Å². The van der Waals surface area contributed by atoms with Gasteiger partial charge in [-0.25, -0.2) is 9.59 Å². The minimum absolute atomic E-state index is 0.0475. The van der Waals surface area contributed by atoms with Crippen LogP contribution >= 0.6 is 0 Å². The molecule has 2 rings (SSSR count). The van der Waals surface area contributed by atoms with Gasteiger partial charge in [-0.15, -0.1) is 0 Å². The van der Waals surface area contributed by atoms with Gasteiger partial charge in [0.05, 0.1) is 26.4 Å². The van der Waals surface area contributed by atoms with Crippen LogP contribution in [0.3, 0.4) is 0 Å². The molecule has 23 heavy (non-hydrogen) atoms. The Morgan fingerprint density at radius 2 is 1.83 bits per heavy atom. The molecule has 1 aliphatic rings. The monoisotopic (exact) mass is 319 g/mol. The summed E-state index contributed by atoms with van der Waals surface area (Å²) >= 11 is 0. The largest absolute Gasteiger partial charge is 0.466 e. The van der Waals surface area contributed by atoms with E-state index in [0.29, 0.717) is 11.3 Å². The Kier molecular flexibility index (Phi) is 5.13. The van der Waals surface area contributed by atoms with E-state index in [1.807, 2.05) is 0 Å². The van der Waals surface area contributed by atoms with Gasteiger partial charge in [0.2, 0.25) is 0 Å². The van der Waals surface area contributed by atoms with Gasteiger partial charge < -0.3 is 19.1 Å². The first-order valence-electron chi connectivity index (χ1n) is 6.85. The number of nitrogens with zero attached hydrogens (tertiary/aromatic N) is 1. The molecule has 1 aliphatic heterocycles. The third kappa shape index (κ3) is 3.40. The summed E-state index contributed by atoms with van der Waals surface area (Å²) in [6.45, 7) is 1.44. The standard InChI is InChI=1S/C16H17NO6/c1-10(18)11-5-4-6-12(7-11)17-9-23-8-13(15(19)21-2)14(17)16(20)22-3/h4-7H,8-9H2,1-3H3. The second kappa shape index (κ2) is 7.06. The van der Waals surface area contributed by atoms with Gasteiger partial charge in [-0.1, -0.05) is 12.1 Å². The van der Waals surface area contributed by atoms with Gasteiger partial charge >= 0.3 is 11.9 Å². The van der Waals surface area contributed by atoms with Crippen LogP contribution < -0.4 is 4.90 Å². The van der Waals surface area contributed by atoms with Crippen LogP contribution in [0.1, 0.15) is 17.3 Å². The number of benzene rings is 1. The third-order valence-corrected chi connectivity index (χ3v) is 3.40. The Balaban J connectivity index is 2.55. The lowest BCUT2D eigenvalue weighted by molar-refractivity contribution is -0.140. The summed E-state index contributed by atoms with van der Waals surface area (Å²) in [5.41, 5.74) is 1.14. The SMILES string of the molecule is COC(=O)C1=C(C(=O)OC)N(c2cccc(C(C)=O)c2)COC1. The van der Waals surface area contributed by atoms with Crippen LogP contribution in [0.5, 0.6) is 0 Å². The highest BCUT2D eigenvalue weighted by atomic mass is 16.5. The molecule has 0 saturated heterocycles. The molecule has 0 atom stereocenters. The van der Waals surface area contributed by atoms with E-state index in [4.69, 9.17) is 14.2 Å². The predicted molar refractivity (Wildman–Crippen MR) is 80.8 cm³/mol. The second-order valence-corrected chi connectivity index (χ2v) is 4.82. The van der Waals surface area contributed by atoms with E-state index in [2.05, 4.69) is 0 Å². The lowest BCUT2D eigenvalue weighted by Gasteiger charge is -2.31. The molecule has 1 aromatic rings. The van der Waals surface area contributed by atoms with E-state index < -0.39 is 11.9 Å². The molecule has 0 saturated carbocycles. The summed E-state index contributed by atoms with van der Waals surface area (Å²) in [5, 5.41) is 0. The van der Waals surface area contributed by atoms with Crippen molar-refractivity contribution in [3.8, 4) is 0 Å². The molecule has 0 aliphatic carbocycles. The van der Waals surface area contributed by atoms with Crippen molar-refractivity contribution >= 4 is 23.4 Å². The van der Waals surface area contributed by atoms with Crippen molar-refractivity contribution in [1.29, 1.82) is 0 Å². The third-order valence-electron chi connectivity index (χ3n) is 3.40. The smallest absolute Gasteiger partial charge is 0.355 e. The van der Waals surface area contributed by atoms with Gasteiger partial charge in [0.1, 0.15) is 12.4 Å². The first-order valence-corrected chi connectivity index (χ1v) is 6.85. The maximum Gasteiger partial charge on any atom is 0.355 e. The Morgan fingerprint density at radius 1 is 1.13 bits per heavy atom. The summed E-state index contributed by atoms with van der Waals surface area (Å²) in [4.78, 5) is 37.1. The molecule has 7 nitrogen and oxygen atoms in total. The average molecular weight is 319 g/mol. The topological polar surface area (TPSA) is 82.1 Å². The number of methoxy groups -OCH3 is 2. The summed E-state index contributed by atoms with van der Waals surface area (Å²) in [6, 6.07) is 6.68. The van der Waals surface area contributed by atoms with Crippen molar-refractivity contribution in [1.82, 2.24) is 0 Å². The fraction of sp³-hybridized carbons (Fsp3) is 0.312. The van der Waals surface area contributed by atoms with E-state index in [9.17, 15) is 14.4 Å². The van der Waals surface area contributed by atoms with Crippen molar-refractivity contribution in [2.75, 3.05) is 32.5 Å². The van der Waals surface area contributed by atoms with E-state index in [0.717, 1.165) is 0 Å². The molecule has 0 spiro atoms. The van der Waals surface area contributed by atoms with Gasteiger partial charge in [0.25, 0.3) is 0 Å². The fourth-order valence-corrected chi connectivity index (χ4v) is 2.24. The molecule has 1 aromatic carbocycles. The van der Waals surface area contributed by atoms with Crippen molar-refractivity contribution in [3.63, 3.8) is 0 Å². The van der Waals surface area contributed by atoms with Crippen molar-refractivity contribution < 1.29 is 28.6 Å². The minimum Gasteiger partial charge on any atom is -0.466 e. The zero-order chi connectivity index (χ0) is 17.0. The maximum absolute atomic E-state index is 12.1. The highest BCUT2D eigenvalue weighted by molar-refractivity contribution is 6.03. The molecule has 7 heteroatoms. The van der Waals surface area contributed by atoms with Crippen molar-refractivity contribution in [2.24, 2.45) is 0 Å². The number of Topliss-reactive ketones (excluding diaryl/α,β-unsaturated/α-hetero) is 1. The molecular formula is C16H17NO6. The molecule has 0 aromatic heterocycles. The van der Waals surface area contributed by atoms with E-state index >= 15 is 0 Å². The highest BCUT2D eigenvalue weighted by Gasteiger charge is 2.32. The molecule has 1 heterocycles. The van der Waals surface area contributed by atoms with Crippen LogP contribution in [0, 0.1) is 0 Å². The summed E-state index contributed by atoms with van der Waals surface area (Å²) in [6.07, 6.45) is 0. The number of hydrogen-bond donors (Lipinski definition) is 0. The number of carbonyl (C=O) groups is 3. The van der Waals surface area contributed by atoms with Gasteiger partial charge in [-0.3, -0.25) is 4.79 Å². The fourth-order valence-electron chi connectivity index (χ4n) is 2.24. The van der Waals surface area contributed by atoms with Gasteiger partial charge in [-0.2, -0.15) is 0 Å². The molecule has 0 unspecified atom stereocenters. The molecule has 0 radical (unpaired) electrons. The van der Waals surface area contributed by atoms with Crippen molar-refractivity contribution in [2.45, 2.75) is 6.92 Å². The average Bonchev–Trinajstić information content (AvgIpc) is 2.59. The Morgan fingerprint density at radius 3 is 2.43 bits per heavy atom. The lowest BCUT2D eigenvalue weighted by Crippen LogP contribution is -2.38. The summed E-state index contributed by atoms with van der Waals surface area (Å²) < 4.78 is 14.8. The first kappa shape index (κ1) is 16.7. The molecule has 0 fully saturated rings. The minimum atomic E-state index is -0.679. The molecule has 0 amide bonds. The van der Waals surface area contributed by atoms with Crippen LogP contribution in [-0.2, 0) is 23.8 Å². The number of esters is 2. The number of ether oxygens (including phenoxy) is 3. The van der Waals surface area contributed by atoms with Crippen LogP contribution in [0.2, 0.25) is 0 Å².